The summed E-state index contributed by atoms with van der Waals surface area (Å²) >= 11 is 0. The number of benzene rings is 2. The molecule has 8 heteroatoms. The molecule has 0 aromatic heterocycles. The fourth-order valence-corrected chi connectivity index (χ4v) is 3.83. The summed E-state index contributed by atoms with van der Waals surface area (Å²) in [6.07, 6.45) is 0.570. The van der Waals surface area contributed by atoms with Crippen molar-refractivity contribution < 1.29 is 13.2 Å². The van der Waals surface area contributed by atoms with E-state index in [2.05, 4.69) is 40.5 Å². The molecule has 1 unspecified atom stereocenters. The predicted octanol–water partition coefficient (Wildman–Crippen LogP) is 5.21. The first-order chi connectivity index (χ1) is 16.3. The molecule has 5 N–H and O–H groups in total. The second-order valence-corrected chi connectivity index (χ2v) is 7.90. The van der Waals surface area contributed by atoms with Crippen molar-refractivity contribution in [3.8, 4) is 0 Å². The van der Waals surface area contributed by atoms with E-state index in [1.165, 1.54) is 18.3 Å². The first-order valence-electron chi connectivity index (χ1n) is 11.1. The highest BCUT2D eigenvalue weighted by atomic mass is 19.4. The van der Waals surface area contributed by atoms with E-state index in [0.717, 1.165) is 36.5 Å². The lowest BCUT2D eigenvalue weighted by Gasteiger charge is -2.28. The zero-order valence-electron chi connectivity index (χ0n) is 19.3. The molecule has 0 bridgehead atoms. The van der Waals surface area contributed by atoms with Crippen LogP contribution in [0, 0.1) is 0 Å². The molecule has 0 spiro atoms. The number of aryl methyl sites for hydroxylation is 1. The minimum atomic E-state index is -4.51. The van der Waals surface area contributed by atoms with Crippen LogP contribution in [0.5, 0.6) is 0 Å². The van der Waals surface area contributed by atoms with Crippen LogP contribution in [0.25, 0.3) is 5.70 Å². The number of alkyl halides is 3. The van der Waals surface area contributed by atoms with E-state index in [-0.39, 0.29) is 5.56 Å². The SMILES string of the molecule is C=C(NC1=NC(c2ccccc2C(F)(F)F)NC(/C(=C/N)NC)=C1)c1ccccc1CCCC. The number of unbranched alkanes of at least 4 members (excludes halogenated alkanes) is 1. The Morgan fingerprint density at radius 1 is 1.18 bits per heavy atom. The number of nitrogens with one attached hydrogen (secondary N) is 3. The number of hydrogen-bond donors (Lipinski definition) is 4. The Bertz CT molecular complexity index is 1120. The summed E-state index contributed by atoms with van der Waals surface area (Å²) in [5.41, 5.74) is 8.76. The van der Waals surface area contributed by atoms with Crippen molar-refractivity contribution in [1.82, 2.24) is 16.0 Å². The number of likely N-dealkylation sites (N-methyl/N-ethyl adjacent to an activating group) is 1. The van der Waals surface area contributed by atoms with Crippen LogP contribution in [0.1, 0.15) is 48.2 Å². The van der Waals surface area contributed by atoms with Crippen LogP contribution < -0.4 is 21.7 Å². The summed E-state index contributed by atoms with van der Waals surface area (Å²) in [6.45, 7) is 6.31. The lowest BCUT2D eigenvalue weighted by Crippen LogP contribution is -2.34. The van der Waals surface area contributed by atoms with Gasteiger partial charge in [-0.05, 0) is 24.5 Å². The molecule has 0 aliphatic carbocycles. The van der Waals surface area contributed by atoms with Gasteiger partial charge in [-0.2, -0.15) is 13.2 Å². The van der Waals surface area contributed by atoms with Gasteiger partial charge in [0.1, 0.15) is 12.0 Å². The molecule has 1 aliphatic heterocycles. The number of nitrogens with zero attached hydrogens (tertiary/aromatic N) is 1. The van der Waals surface area contributed by atoms with Crippen LogP contribution >= 0.6 is 0 Å². The summed E-state index contributed by atoms with van der Waals surface area (Å²) in [5.74, 6) is 0.376. The smallest absolute Gasteiger partial charge is 0.403 e. The van der Waals surface area contributed by atoms with Gasteiger partial charge in [-0.3, -0.25) is 0 Å². The third-order valence-electron chi connectivity index (χ3n) is 5.55. The topological polar surface area (TPSA) is 74.5 Å². The quantitative estimate of drug-likeness (QED) is 0.428. The predicted molar refractivity (Wildman–Crippen MR) is 131 cm³/mol. The zero-order chi connectivity index (χ0) is 24.7. The highest BCUT2D eigenvalue weighted by molar-refractivity contribution is 6.00. The van der Waals surface area contributed by atoms with Crippen LogP contribution in [0.15, 0.2) is 83.8 Å². The number of hydrogen-bond acceptors (Lipinski definition) is 5. The minimum absolute atomic E-state index is 0.0151. The standard InChI is InChI=1S/C26H30F3N5/c1-4-5-10-18-11-6-7-12-19(18)17(2)32-24-15-22(23(16-30)31-3)33-25(34-24)20-13-8-9-14-21(20)26(27,28)29/h6-9,11-16,25,31,33H,2,4-5,10,30H2,1,3H3,(H,32,34)/b23-16-. The van der Waals surface area contributed by atoms with Gasteiger partial charge in [-0.15, -0.1) is 0 Å². The molecule has 0 fully saturated rings. The second-order valence-electron chi connectivity index (χ2n) is 7.90. The third-order valence-corrected chi connectivity index (χ3v) is 5.55. The number of nitrogens with two attached hydrogens (primary N) is 1. The Kier molecular flexibility index (Phi) is 8.04. The molecule has 5 nitrogen and oxygen atoms in total. The van der Waals surface area contributed by atoms with Gasteiger partial charge < -0.3 is 21.7 Å². The van der Waals surface area contributed by atoms with Crippen molar-refractivity contribution in [2.45, 2.75) is 38.5 Å². The normalized spacial score (nSPS) is 16.3. The second kappa shape index (κ2) is 11.0. The van der Waals surface area contributed by atoms with Gasteiger partial charge in [0.25, 0.3) is 0 Å². The van der Waals surface area contributed by atoms with Gasteiger partial charge in [0.15, 0.2) is 0 Å². The van der Waals surface area contributed by atoms with Crippen LogP contribution in [-0.2, 0) is 12.6 Å². The first kappa shape index (κ1) is 25.0. The molecule has 3 rings (SSSR count). The first-order valence-corrected chi connectivity index (χ1v) is 11.1. The molecule has 1 aliphatic rings. The van der Waals surface area contributed by atoms with E-state index < -0.39 is 17.9 Å². The monoisotopic (exact) mass is 469 g/mol. The lowest BCUT2D eigenvalue weighted by atomic mass is 10.00. The molecular weight excluding hydrogens is 439 g/mol. The lowest BCUT2D eigenvalue weighted by molar-refractivity contribution is -0.138. The van der Waals surface area contributed by atoms with E-state index in [9.17, 15) is 13.2 Å². The van der Waals surface area contributed by atoms with E-state index in [4.69, 9.17) is 5.73 Å². The maximum Gasteiger partial charge on any atom is 0.416 e. The molecule has 0 saturated carbocycles. The van der Waals surface area contributed by atoms with E-state index in [1.54, 1.807) is 19.2 Å². The van der Waals surface area contributed by atoms with E-state index in [1.807, 2.05) is 18.2 Å². The Balaban J connectivity index is 2.00. The van der Waals surface area contributed by atoms with Gasteiger partial charge in [0, 0.05) is 36.1 Å². The highest BCUT2D eigenvalue weighted by Crippen LogP contribution is 2.36. The molecule has 34 heavy (non-hydrogen) atoms. The Labute approximate surface area is 198 Å². The van der Waals surface area contributed by atoms with Gasteiger partial charge in [0.05, 0.1) is 17.0 Å². The average molecular weight is 470 g/mol. The molecule has 2 aromatic rings. The summed E-state index contributed by atoms with van der Waals surface area (Å²) in [4.78, 5) is 4.55. The molecule has 1 heterocycles. The largest absolute Gasteiger partial charge is 0.416 e. The summed E-state index contributed by atoms with van der Waals surface area (Å²) < 4.78 is 41.1. The molecule has 180 valence electrons. The summed E-state index contributed by atoms with van der Waals surface area (Å²) in [7, 11) is 1.68. The van der Waals surface area contributed by atoms with Crippen LogP contribution in [0.4, 0.5) is 13.2 Å². The Hall–Kier alpha value is -3.68. The molecule has 0 radical (unpaired) electrons. The number of rotatable bonds is 8. The van der Waals surface area contributed by atoms with Crippen molar-refractivity contribution in [3.63, 3.8) is 0 Å². The number of halogens is 3. The van der Waals surface area contributed by atoms with Crippen LogP contribution in [0.2, 0.25) is 0 Å². The zero-order valence-corrected chi connectivity index (χ0v) is 19.3. The summed E-state index contributed by atoms with van der Waals surface area (Å²) in [6, 6.07) is 13.3. The van der Waals surface area contributed by atoms with Gasteiger partial charge in [-0.1, -0.05) is 62.4 Å². The van der Waals surface area contributed by atoms with Gasteiger partial charge in [0.2, 0.25) is 0 Å². The molecule has 0 amide bonds. The van der Waals surface area contributed by atoms with Crippen molar-refractivity contribution in [1.29, 1.82) is 0 Å². The highest BCUT2D eigenvalue weighted by Gasteiger charge is 2.36. The Morgan fingerprint density at radius 2 is 1.88 bits per heavy atom. The van der Waals surface area contributed by atoms with Crippen molar-refractivity contribution >= 4 is 11.5 Å². The maximum absolute atomic E-state index is 13.7. The fraction of sp³-hybridized carbons (Fsp3) is 0.269. The maximum atomic E-state index is 13.7. The van der Waals surface area contributed by atoms with Crippen molar-refractivity contribution in [2.75, 3.05) is 7.05 Å². The molecule has 1 atom stereocenters. The van der Waals surface area contributed by atoms with Gasteiger partial charge >= 0.3 is 6.18 Å². The average Bonchev–Trinajstić information content (AvgIpc) is 2.83. The van der Waals surface area contributed by atoms with Crippen LogP contribution in [-0.4, -0.2) is 12.9 Å². The fourth-order valence-electron chi connectivity index (χ4n) is 3.83. The third kappa shape index (κ3) is 5.81. The van der Waals surface area contributed by atoms with E-state index in [0.29, 0.717) is 22.9 Å². The number of amidine groups is 1. The van der Waals surface area contributed by atoms with Gasteiger partial charge in [-0.25, -0.2) is 4.99 Å². The molecule has 0 saturated heterocycles. The number of aliphatic imine (C=N–C) groups is 1. The minimum Gasteiger partial charge on any atom is -0.403 e. The molecule has 2 aromatic carbocycles. The Morgan fingerprint density at radius 3 is 2.56 bits per heavy atom. The van der Waals surface area contributed by atoms with E-state index >= 15 is 0 Å². The van der Waals surface area contributed by atoms with Crippen molar-refractivity contribution in [2.24, 2.45) is 10.7 Å². The van der Waals surface area contributed by atoms with Crippen molar-refractivity contribution in [3.05, 3.63) is 101 Å². The van der Waals surface area contributed by atoms with Crippen LogP contribution in [0.3, 0.4) is 0 Å². The molecular formula is C26H30F3N5. The summed E-state index contributed by atoms with van der Waals surface area (Å²) in [5, 5.41) is 9.22.